The second kappa shape index (κ2) is 5.18. The van der Waals surface area contributed by atoms with Gasteiger partial charge in [-0.3, -0.25) is 0 Å². The Morgan fingerprint density at radius 3 is 3.17 bits per heavy atom. The molecule has 0 aliphatic carbocycles. The highest BCUT2D eigenvalue weighted by Gasteiger charge is 1.99. The molecular weight excluding hydrogens is 174 g/mol. The molecule has 1 rings (SSSR count). The number of ether oxygens (including phenoxy) is 1. The van der Waals surface area contributed by atoms with Crippen LogP contribution >= 0.6 is 11.5 Å². The third-order valence-corrected chi connectivity index (χ3v) is 2.10. The lowest BCUT2D eigenvalue weighted by Gasteiger charge is -2.08. The molecule has 0 fully saturated rings. The molecule has 1 heterocycles. The van der Waals surface area contributed by atoms with Crippen LogP contribution in [-0.4, -0.2) is 29.3 Å². The number of methoxy groups -OCH3 is 1. The molecule has 1 unspecified atom stereocenters. The molecule has 0 aliphatic rings. The minimum absolute atomic E-state index is 0.247. The third kappa shape index (κ3) is 3.25. The summed E-state index contributed by atoms with van der Waals surface area (Å²) in [7, 11) is 1.71. The van der Waals surface area contributed by atoms with Crippen molar-refractivity contribution in [3.63, 3.8) is 0 Å². The van der Waals surface area contributed by atoms with E-state index in [1.54, 1.807) is 7.11 Å². The van der Waals surface area contributed by atoms with Gasteiger partial charge < -0.3 is 10.1 Å². The summed E-state index contributed by atoms with van der Waals surface area (Å²) < 4.78 is 8.83. The van der Waals surface area contributed by atoms with E-state index in [0.29, 0.717) is 0 Å². The molecule has 1 aromatic rings. The van der Waals surface area contributed by atoms with Crippen LogP contribution in [0.25, 0.3) is 0 Å². The third-order valence-electron chi connectivity index (χ3n) is 1.55. The fourth-order valence-corrected chi connectivity index (χ4v) is 1.20. The number of aromatic nitrogens is 2. The summed E-state index contributed by atoms with van der Waals surface area (Å²) >= 11 is 1.37. The molecule has 5 heteroatoms. The van der Waals surface area contributed by atoms with Crippen molar-refractivity contribution in [2.45, 2.75) is 19.6 Å². The Morgan fingerprint density at radius 2 is 2.58 bits per heavy atom. The molecule has 0 spiro atoms. The molecule has 1 atom stereocenters. The van der Waals surface area contributed by atoms with Gasteiger partial charge in [0.15, 0.2) is 0 Å². The Morgan fingerprint density at radius 1 is 1.75 bits per heavy atom. The van der Waals surface area contributed by atoms with Crippen LogP contribution in [0.5, 0.6) is 0 Å². The van der Waals surface area contributed by atoms with Gasteiger partial charge in [-0.1, -0.05) is 4.49 Å². The summed E-state index contributed by atoms with van der Waals surface area (Å²) in [6.07, 6.45) is 0.247. The average molecular weight is 187 g/mol. The molecule has 1 aromatic heterocycles. The lowest BCUT2D eigenvalue weighted by molar-refractivity contribution is 0.117. The monoisotopic (exact) mass is 187 g/mol. The largest absolute Gasteiger partial charge is 0.380 e. The molecule has 0 saturated carbocycles. The predicted octanol–water partition coefficient (Wildman–Crippen LogP) is 0.663. The normalized spacial score (nSPS) is 13.2. The summed E-state index contributed by atoms with van der Waals surface area (Å²) in [6, 6.07) is 0. The molecule has 0 amide bonds. The van der Waals surface area contributed by atoms with Gasteiger partial charge in [0.25, 0.3) is 0 Å². The fraction of sp³-hybridized carbons (Fsp3) is 0.714. The van der Waals surface area contributed by atoms with Crippen LogP contribution in [0, 0.1) is 0 Å². The number of nitrogens with one attached hydrogen (secondary N) is 1. The van der Waals surface area contributed by atoms with E-state index in [0.717, 1.165) is 18.8 Å². The van der Waals surface area contributed by atoms with Gasteiger partial charge in [0.1, 0.15) is 0 Å². The summed E-state index contributed by atoms with van der Waals surface area (Å²) in [6.45, 7) is 3.63. The Kier molecular flexibility index (Phi) is 4.13. The van der Waals surface area contributed by atoms with Crippen LogP contribution in [0.15, 0.2) is 5.38 Å². The van der Waals surface area contributed by atoms with Crippen molar-refractivity contribution in [2.24, 2.45) is 0 Å². The van der Waals surface area contributed by atoms with Crippen LogP contribution in [0.2, 0.25) is 0 Å². The van der Waals surface area contributed by atoms with Crippen molar-refractivity contribution in [1.29, 1.82) is 0 Å². The zero-order valence-corrected chi connectivity index (χ0v) is 8.10. The number of hydrogen-bond donors (Lipinski definition) is 1. The fourth-order valence-electron chi connectivity index (χ4n) is 0.748. The molecule has 0 bridgehead atoms. The van der Waals surface area contributed by atoms with Crippen LogP contribution in [0.1, 0.15) is 12.6 Å². The first-order valence-electron chi connectivity index (χ1n) is 3.82. The summed E-state index contributed by atoms with van der Waals surface area (Å²) in [5, 5.41) is 9.06. The highest BCUT2D eigenvalue weighted by Crippen LogP contribution is 1.95. The maximum Gasteiger partial charge on any atom is 0.0893 e. The van der Waals surface area contributed by atoms with Crippen LogP contribution in [-0.2, 0) is 11.3 Å². The van der Waals surface area contributed by atoms with E-state index in [4.69, 9.17) is 4.74 Å². The first-order chi connectivity index (χ1) is 5.83. The van der Waals surface area contributed by atoms with Crippen molar-refractivity contribution in [3.8, 4) is 0 Å². The maximum atomic E-state index is 5.07. The molecule has 0 aliphatic heterocycles. The Labute approximate surface area is 76.1 Å². The van der Waals surface area contributed by atoms with Gasteiger partial charge >= 0.3 is 0 Å². The summed E-state index contributed by atoms with van der Waals surface area (Å²) in [4.78, 5) is 0. The van der Waals surface area contributed by atoms with Gasteiger partial charge in [-0.15, -0.1) is 5.10 Å². The zero-order valence-electron chi connectivity index (χ0n) is 7.28. The zero-order chi connectivity index (χ0) is 8.81. The van der Waals surface area contributed by atoms with Crippen molar-refractivity contribution >= 4 is 11.5 Å². The van der Waals surface area contributed by atoms with Crippen molar-refractivity contribution in [2.75, 3.05) is 13.7 Å². The predicted molar refractivity (Wildman–Crippen MR) is 48.1 cm³/mol. The number of rotatable bonds is 5. The second-order valence-electron chi connectivity index (χ2n) is 2.57. The Balaban J connectivity index is 2.11. The Hall–Kier alpha value is -0.520. The molecule has 12 heavy (non-hydrogen) atoms. The number of nitrogens with zero attached hydrogens (tertiary/aromatic N) is 2. The number of hydrogen-bond acceptors (Lipinski definition) is 5. The average Bonchev–Trinajstić information content (AvgIpc) is 2.57. The van der Waals surface area contributed by atoms with Crippen LogP contribution in [0.4, 0.5) is 0 Å². The standard InChI is InChI=1S/C7H13N3OS/c1-6(11-2)3-8-4-7-5-12-10-9-7/h5-6,8H,3-4H2,1-2H3. The van der Waals surface area contributed by atoms with Crippen molar-refractivity contribution < 1.29 is 4.74 Å². The van der Waals surface area contributed by atoms with Gasteiger partial charge in [0.2, 0.25) is 0 Å². The summed E-state index contributed by atoms with van der Waals surface area (Å²) in [5.74, 6) is 0. The van der Waals surface area contributed by atoms with Gasteiger partial charge in [0, 0.05) is 25.6 Å². The van der Waals surface area contributed by atoms with E-state index < -0.39 is 0 Å². The molecule has 68 valence electrons. The second-order valence-corrected chi connectivity index (χ2v) is 3.18. The van der Waals surface area contributed by atoms with E-state index in [1.807, 2.05) is 12.3 Å². The quantitative estimate of drug-likeness (QED) is 0.735. The van der Waals surface area contributed by atoms with Gasteiger partial charge in [-0.05, 0) is 18.5 Å². The maximum absolute atomic E-state index is 5.07. The lowest BCUT2D eigenvalue weighted by Crippen LogP contribution is -2.25. The summed E-state index contributed by atoms with van der Waals surface area (Å²) in [5.41, 5.74) is 0.989. The Bertz CT molecular complexity index is 202. The van der Waals surface area contributed by atoms with Gasteiger partial charge in [-0.2, -0.15) is 0 Å². The van der Waals surface area contributed by atoms with Gasteiger partial charge in [0.05, 0.1) is 11.8 Å². The minimum Gasteiger partial charge on any atom is -0.380 e. The smallest absolute Gasteiger partial charge is 0.0893 e. The molecule has 1 N–H and O–H groups in total. The SMILES string of the molecule is COC(C)CNCc1csnn1. The van der Waals surface area contributed by atoms with E-state index in [2.05, 4.69) is 14.9 Å². The van der Waals surface area contributed by atoms with E-state index in [-0.39, 0.29) is 6.10 Å². The first-order valence-corrected chi connectivity index (χ1v) is 4.66. The topological polar surface area (TPSA) is 47.0 Å². The highest BCUT2D eigenvalue weighted by atomic mass is 32.1. The van der Waals surface area contributed by atoms with Crippen LogP contribution < -0.4 is 5.32 Å². The molecule has 0 aromatic carbocycles. The van der Waals surface area contributed by atoms with Crippen molar-refractivity contribution in [1.82, 2.24) is 14.9 Å². The van der Waals surface area contributed by atoms with Crippen LogP contribution in [0.3, 0.4) is 0 Å². The molecule has 0 radical (unpaired) electrons. The van der Waals surface area contributed by atoms with E-state index in [9.17, 15) is 0 Å². The molecule has 4 nitrogen and oxygen atoms in total. The first kappa shape index (κ1) is 9.57. The minimum atomic E-state index is 0.247. The highest BCUT2D eigenvalue weighted by molar-refractivity contribution is 7.03. The molecule has 0 saturated heterocycles. The van der Waals surface area contributed by atoms with Crippen molar-refractivity contribution in [3.05, 3.63) is 11.1 Å². The van der Waals surface area contributed by atoms with E-state index in [1.165, 1.54) is 11.5 Å². The lowest BCUT2D eigenvalue weighted by atomic mass is 10.4. The van der Waals surface area contributed by atoms with Gasteiger partial charge in [-0.25, -0.2) is 0 Å². The van der Waals surface area contributed by atoms with E-state index >= 15 is 0 Å². The molecular formula is C7H13N3OS.